The van der Waals surface area contributed by atoms with E-state index in [0.29, 0.717) is 34.9 Å². The molecule has 3 aromatic rings. The fourth-order valence-electron chi connectivity index (χ4n) is 2.25. The van der Waals surface area contributed by atoms with Gasteiger partial charge in [-0.15, -0.1) is 5.10 Å². The first kappa shape index (κ1) is 17.1. The number of anilines is 1. The summed E-state index contributed by atoms with van der Waals surface area (Å²) in [4.78, 5) is 12.3. The lowest BCUT2D eigenvalue weighted by Crippen LogP contribution is -2.11. The summed E-state index contributed by atoms with van der Waals surface area (Å²) in [5, 5.41) is 22.9. The van der Waals surface area contributed by atoms with Crippen LogP contribution in [0.5, 0.6) is 5.75 Å². The lowest BCUT2D eigenvalue weighted by molar-refractivity contribution is 0.102. The van der Waals surface area contributed by atoms with Crippen LogP contribution in [0.3, 0.4) is 0 Å². The van der Waals surface area contributed by atoms with Gasteiger partial charge >= 0.3 is 0 Å². The Hall–Kier alpha value is -3.73. The van der Waals surface area contributed by atoms with Crippen LogP contribution in [0.2, 0.25) is 0 Å². The SMILES string of the molecule is CCn1nnnc1COc1ccc(C(=O)Nc2ccc(C#N)cc2)cc1. The predicted octanol–water partition coefficient (Wildman–Crippen LogP) is 2.40. The van der Waals surface area contributed by atoms with Gasteiger partial charge in [0.05, 0.1) is 11.6 Å². The van der Waals surface area contributed by atoms with Gasteiger partial charge in [0.1, 0.15) is 12.4 Å². The molecule has 0 aliphatic rings. The highest BCUT2D eigenvalue weighted by atomic mass is 16.5. The molecule has 0 bridgehead atoms. The van der Waals surface area contributed by atoms with E-state index in [1.807, 2.05) is 13.0 Å². The van der Waals surface area contributed by atoms with Crippen LogP contribution in [0.4, 0.5) is 5.69 Å². The number of carbonyl (C=O) groups is 1. The molecule has 0 unspecified atom stereocenters. The number of hydrogen-bond acceptors (Lipinski definition) is 6. The van der Waals surface area contributed by atoms with E-state index in [0.717, 1.165) is 0 Å². The van der Waals surface area contributed by atoms with Crippen LogP contribution in [-0.4, -0.2) is 26.1 Å². The second-order valence-electron chi connectivity index (χ2n) is 5.37. The van der Waals surface area contributed by atoms with Gasteiger partial charge in [0.15, 0.2) is 5.82 Å². The fourth-order valence-corrected chi connectivity index (χ4v) is 2.25. The van der Waals surface area contributed by atoms with E-state index in [2.05, 4.69) is 20.8 Å². The summed E-state index contributed by atoms with van der Waals surface area (Å²) in [6, 6.07) is 15.5. The maximum Gasteiger partial charge on any atom is 0.255 e. The number of nitrogens with one attached hydrogen (secondary N) is 1. The number of nitrogens with zero attached hydrogens (tertiary/aromatic N) is 5. The van der Waals surface area contributed by atoms with E-state index in [1.165, 1.54) is 0 Å². The van der Waals surface area contributed by atoms with Gasteiger partial charge < -0.3 is 10.1 Å². The van der Waals surface area contributed by atoms with E-state index in [-0.39, 0.29) is 12.5 Å². The standard InChI is InChI=1S/C18H16N6O2/c1-2-24-17(21-22-23-24)12-26-16-9-5-14(6-10-16)18(25)20-15-7-3-13(11-19)4-8-15/h3-10H,2,12H2,1H3,(H,20,25). The Bertz CT molecular complexity index is 926. The number of amides is 1. The van der Waals surface area contributed by atoms with Gasteiger partial charge in [-0.1, -0.05) is 0 Å². The third kappa shape index (κ3) is 4.02. The topological polar surface area (TPSA) is 106 Å². The molecule has 8 heteroatoms. The normalized spacial score (nSPS) is 10.2. The number of aryl methyl sites for hydroxylation is 1. The maximum atomic E-state index is 12.3. The number of ether oxygens (including phenoxy) is 1. The van der Waals surface area contributed by atoms with Crippen molar-refractivity contribution in [2.24, 2.45) is 0 Å². The Morgan fingerprint density at radius 3 is 2.58 bits per heavy atom. The Labute approximate surface area is 150 Å². The third-order valence-corrected chi connectivity index (χ3v) is 3.66. The Balaban J connectivity index is 1.59. The Kier molecular flexibility index (Phi) is 5.19. The van der Waals surface area contributed by atoms with E-state index < -0.39 is 0 Å². The number of tetrazole rings is 1. The zero-order valence-corrected chi connectivity index (χ0v) is 14.1. The third-order valence-electron chi connectivity index (χ3n) is 3.66. The molecule has 26 heavy (non-hydrogen) atoms. The number of aromatic nitrogens is 4. The zero-order valence-electron chi connectivity index (χ0n) is 14.1. The van der Waals surface area contributed by atoms with E-state index >= 15 is 0 Å². The number of nitriles is 1. The Morgan fingerprint density at radius 2 is 1.92 bits per heavy atom. The number of benzene rings is 2. The summed E-state index contributed by atoms with van der Waals surface area (Å²) in [6.45, 7) is 2.86. The van der Waals surface area contributed by atoms with Crippen molar-refractivity contribution in [2.45, 2.75) is 20.1 Å². The minimum Gasteiger partial charge on any atom is -0.486 e. The molecule has 130 valence electrons. The molecule has 0 atom stereocenters. The van der Waals surface area contributed by atoms with Gasteiger partial charge in [-0.3, -0.25) is 4.79 Å². The molecule has 1 amide bonds. The first-order valence-corrected chi connectivity index (χ1v) is 7.99. The quantitative estimate of drug-likeness (QED) is 0.733. The van der Waals surface area contributed by atoms with Crippen molar-refractivity contribution >= 4 is 11.6 Å². The average Bonchev–Trinajstić information content (AvgIpc) is 3.15. The van der Waals surface area contributed by atoms with Crippen molar-refractivity contribution in [3.8, 4) is 11.8 Å². The van der Waals surface area contributed by atoms with Gasteiger partial charge in [-0.25, -0.2) is 4.68 Å². The summed E-state index contributed by atoms with van der Waals surface area (Å²) >= 11 is 0. The van der Waals surface area contributed by atoms with Gasteiger partial charge in [-0.2, -0.15) is 5.26 Å². The highest BCUT2D eigenvalue weighted by molar-refractivity contribution is 6.04. The molecule has 0 aliphatic heterocycles. The monoisotopic (exact) mass is 348 g/mol. The molecule has 1 N–H and O–H groups in total. The highest BCUT2D eigenvalue weighted by Crippen LogP contribution is 2.16. The predicted molar refractivity (Wildman–Crippen MR) is 93.4 cm³/mol. The van der Waals surface area contributed by atoms with Gasteiger partial charge in [-0.05, 0) is 65.9 Å². The van der Waals surface area contributed by atoms with Crippen molar-refractivity contribution in [1.29, 1.82) is 5.26 Å². The minimum atomic E-state index is -0.240. The number of carbonyl (C=O) groups excluding carboxylic acids is 1. The molecule has 0 fully saturated rings. The second-order valence-corrected chi connectivity index (χ2v) is 5.37. The first-order valence-electron chi connectivity index (χ1n) is 7.99. The van der Waals surface area contributed by atoms with Crippen LogP contribution < -0.4 is 10.1 Å². The van der Waals surface area contributed by atoms with Crippen LogP contribution in [0.1, 0.15) is 28.7 Å². The molecule has 0 spiro atoms. The lowest BCUT2D eigenvalue weighted by atomic mass is 10.2. The summed E-state index contributed by atoms with van der Waals surface area (Å²) < 4.78 is 7.30. The first-order chi connectivity index (χ1) is 12.7. The molecule has 1 aromatic heterocycles. The summed E-state index contributed by atoms with van der Waals surface area (Å²) in [5.41, 5.74) is 1.67. The smallest absolute Gasteiger partial charge is 0.255 e. The van der Waals surface area contributed by atoms with Crippen LogP contribution in [0.25, 0.3) is 0 Å². The molecular weight excluding hydrogens is 332 g/mol. The van der Waals surface area contributed by atoms with Crippen molar-refractivity contribution < 1.29 is 9.53 Å². The van der Waals surface area contributed by atoms with Crippen LogP contribution in [-0.2, 0) is 13.2 Å². The van der Waals surface area contributed by atoms with Crippen molar-refractivity contribution in [3.05, 3.63) is 65.5 Å². The molecule has 2 aromatic carbocycles. The molecule has 1 heterocycles. The maximum absolute atomic E-state index is 12.3. The zero-order chi connectivity index (χ0) is 18.4. The van der Waals surface area contributed by atoms with Crippen molar-refractivity contribution in [2.75, 3.05) is 5.32 Å². The lowest BCUT2D eigenvalue weighted by Gasteiger charge is -2.08. The Morgan fingerprint density at radius 1 is 1.19 bits per heavy atom. The molecule has 3 rings (SSSR count). The largest absolute Gasteiger partial charge is 0.486 e. The van der Waals surface area contributed by atoms with Crippen molar-refractivity contribution in [3.63, 3.8) is 0 Å². The van der Waals surface area contributed by atoms with E-state index in [1.54, 1.807) is 53.2 Å². The molecule has 0 aliphatic carbocycles. The highest BCUT2D eigenvalue weighted by Gasteiger charge is 2.08. The van der Waals surface area contributed by atoms with Crippen LogP contribution in [0, 0.1) is 11.3 Å². The summed E-state index contributed by atoms with van der Waals surface area (Å²) in [7, 11) is 0. The molecule has 0 radical (unpaired) electrons. The number of rotatable bonds is 6. The molecule has 0 saturated carbocycles. The van der Waals surface area contributed by atoms with Crippen LogP contribution >= 0.6 is 0 Å². The van der Waals surface area contributed by atoms with Crippen LogP contribution in [0.15, 0.2) is 48.5 Å². The molecular formula is C18H16N6O2. The molecule has 8 nitrogen and oxygen atoms in total. The fraction of sp³-hybridized carbons (Fsp3) is 0.167. The summed E-state index contributed by atoms with van der Waals surface area (Å²) in [5.74, 6) is 1.01. The van der Waals surface area contributed by atoms with Gasteiger partial charge in [0.25, 0.3) is 5.91 Å². The molecule has 0 saturated heterocycles. The second kappa shape index (κ2) is 7.90. The number of hydrogen-bond donors (Lipinski definition) is 1. The van der Waals surface area contributed by atoms with Gasteiger partial charge in [0, 0.05) is 17.8 Å². The summed E-state index contributed by atoms with van der Waals surface area (Å²) in [6.07, 6.45) is 0. The van der Waals surface area contributed by atoms with Crippen molar-refractivity contribution in [1.82, 2.24) is 20.2 Å². The average molecular weight is 348 g/mol. The van der Waals surface area contributed by atoms with E-state index in [9.17, 15) is 4.79 Å². The minimum absolute atomic E-state index is 0.240. The van der Waals surface area contributed by atoms with Gasteiger partial charge in [0.2, 0.25) is 0 Å². The van der Waals surface area contributed by atoms with E-state index in [4.69, 9.17) is 10.00 Å².